The average molecular weight is 483 g/mol. The lowest BCUT2D eigenvalue weighted by Gasteiger charge is -2.34. The molecule has 3 aromatic rings. The highest BCUT2D eigenvalue weighted by atomic mass is 32.2. The molecule has 9 heteroatoms. The van der Waals surface area contributed by atoms with Gasteiger partial charge in [-0.05, 0) is 43.5 Å². The van der Waals surface area contributed by atoms with Gasteiger partial charge >= 0.3 is 0 Å². The van der Waals surface area contributed by atoms with Crippen LogP contribution in [0, 0.1) is 12.8 Å². The highest BCUT2D eigenvalue weighted by molar-refractivity contribution is 7.90. The van der Waals surface area contributed by atoms with E-state index in [-0.39, 0.29) is 23.3 Å². The predicted molar refractivity (Wildman–Crippen MR) is 131 cm³/mol. The van der Waals surface area contributed by atoms with Gasteiger partial charge in [0.2, 0.25) is 11.9 Å². The molecule has 1 N–H and O–H groups in total. The van der Waals surface area contributed by atoms with Crippen LogP contribution in [0.25, 0.3) is 10.9 Å². The van der Waals surface area contributed by atoms with Crippen molar-refractivity contribution in [1.29, 1.82) is 0 Å². The summed E-state index contributed by atoms with van der Waals surface area (Å²) in [5, 5.41) is 11.3. The molecular weight excluding hydrogens is 452 g/mol. The van der Waals surface area contributed by atoms with E-state index in [1.54, 1.807) is 30.1 Å². The largest absolute Gasteiger partial charge is 0.387 e. The average Bonchev–Trinajstić information content (AvgIpc) is 2.83. The number of hydrogen-bond acceptors (Lipinski definition) is 7. The molecule has 0 radical (unpaired) electrons. The fraction of sp³-hybridized carbons (Fsp3) is 0.400. The lowest BCUT2D eigenvalue weighted by atomic mass is 9.96. The number of aryl methyl sites for hydroxylation is 1. The Labute approximate surface area is 200 Å². The van der Waals surface area contributed by atoms with Crippen molar-refractivity contribution in [3.8, 4) is 0 Å². The van der Waals surface area contributed by atoms with Gasteiger partial charge in [-0.25, -0.2) is 18.4 Å². The Morgan fingerprint density at radius 1 is 1.21 bits per heavy atom. The van der Waals surface area contributed by atoms with E-state index in [2.05, 4.69) is 9.97 Å². The van der Waals surface area contributed by atoms with Crippen LogP contribution >= 0.6 is 0 Å². The third kappa shape index (κ3) is 5.20. The Morgan fingerprint density at radius 2 is 1.94 bits per heavy atom. The number of sulfone groups is 1. The normalized spacial score (nSPS) is 17.5. The number of fused-ring (bicyclic) bond motifs is 1. The summed E-state index contributed by atoms with van der Waals surface area (Å²) in [6.07, 6.45) is 2.00. The van der Waals surface area contributed by atoms with E-state index in [4.69, 9.17) is 0 Å². The molecule has 2 heterocycles. The zero-order chi connectivity index (χ0) is 24.5. The Kier molecular flexibility index (Phi) is 6.86. The number of aromatic nitrogens is 2. The van der Waals surface area contributed by atoms with Crippen molar-refractivity contribution < 1.29 is 18.3 Å². The summed E-state index contributed by atoms with van der Waals surface area (Å²) in [6, 6.07) is 14.2. The summed E-state index contributed by atoms with van der Waals surface area (Å²) in [5.41, 5.74) is 2.11. The van der Waals surface area contributed by atoms with E-state index in [0.29, 0.717) is 18.0 Å². The molecule has 0 spiro atoms. The van der Waals surface area contributed by atoms with Crippen molar-refractivity contribution in [2.24, 2.45) is 5.92 Å². The minimum atomic E-state index is -3.35. The second kappa shape index (κ2) is 9.68. The number of amides is 1. The quantitative estimate of drug-likeness (QED) is 0.576. The summed E-state index contributed by atoms with van der Waals surface area (Å²) < 4.78 is 24.0. The van der Waals surface area contributed by atoms with Crippen LogP contribution in [0.1, 0.15) is 30.2 Å². The van der Waals surface area contributed by atoms with Crippen molar-refractivity contribution in [2.75, 3.05) is 37.8 Å². The van der Waals surface area contributed by atoms with Gasteiger partial charge in [-0.1, -0.05) is 30.3 Å². The molecule has 34 heavy (non-hydrogen) atoms. The number of rotatable bonds is 6. The molecule has 1 aliphatic rings. The smallest absolute Gasteiger partial charge is 0.227 e. The van der Waals surface area contributed by atoms with Gasteiger partial charge in [0.15, 0.2) is 9.84 Å². The minimum Gasteiger partial charge on any atom is -0.387 e. The molecule has 1 amide bonds. The zero-order valence-corrected chi connectivity index (χ0v) is 20.5. The first kappa shape index (κ1) is 24.1. The maximum Gasteiger partial charge on any atom is 0.227 e. The van der Waals surface area contributed by atoms with Crippen LogP contribution in [0.2, 0.25) is 0 Å². The first-order valence-electron chi connectivity index (χ1n) is 11.3. The van der Waals surface area contributed by atoms with Gasteiger partial charge in [0.1, 0.15) is 0 Å². The summed E-state index contributed by atoms with van der Waals surface area (Å²) in [4.78, 5) is 26.3. The van der Waals surface area contributed by atoms with Crippen LogP contribution in [-0.4, -0.2) is 67.2 Å². The van der Waals surface area contributed by atoms with Gasteiger partial charge in [-0.15, -0.1) is 0 Å². The van der Waals surface area contributed by atoms with Crippen LogP contribution in [-0.2, 0) is 14.6 Å². The molecule has 1 saturated heterocycles. The zero-order valence-electron chi connectivity index (χ0n) is 19.7. The van der Waals surface area contributed by atoms with Crippen LogP contribution in [0.5, 0.6) is 0 Å². The van der Waals surface area contributed by atoms with Crippen LogP contribution in [0.3, 0.4) is 0 Å². The molecule has 2 atom stereocenters. The third-order valence-electron chi connectivity index (χ3n) is 6.34. The van der Waals surface area contributed by atoms with Crippen LogP contribution < -0.4 is 4.90 Å². The SMILES string of the molecule is Cc1nc(N2CCC[C@@H](C(=O)N(C)C[C@@H](O)c3ccccc3)C2)nc2cc(S(C)(=O)=O)ccc12. The number of carbonyl (C=O) groups excluding carboxylic acids is 1. The second-order valence-corrected chi connectivity index (χ2v) is 11.0. The number of piperidine rings is 1. The molecule has 0 bridgehead atoms. The van der Waals surface area contributed by atoms with E-state index in [9.17, 15) is 18.3 Å². The summed E-state index contributed by atoms with van der Waals surface area (Å²) >= 11 is 0. The number of aliphatic hydroxyl groups is 1. The fourth-order valence-electron chi connectivity index (χ4n) is 4.43. The molecule has 180 valence electrons. The standard InChI is InChI=1S/C25H30N4O4S/c1-17-21-12-11-20(34(3,32)33)14-22(21)27-25(26-17)29-13-7-10-19(15-29)24(31)28(2)16-23(30)18-8-5-4-6-9-18/h4-6,8-9,11-12,14,19,23,30H,7,10,13,15-16H2,1-3H3/t19-,23-/m1/s1. The lowest BCUT2D eigenvalue weighted by Crippen LogP contribution is -2.45. The van der Waals surface area contributed by atoms with Gasteiger partial charge in [0, 0.05) is 31.8 Å². The fourth-order valence-corrected chi connectivity index (χ4v) is 5.07. The first-order valence-corrected chi connectivity index (χ1v) is 13.2. The lowest BCUT2D eigenvalue weighted by molar-refractivity contribution is -0.135. The highest BCUT2D eigenvalue weighted by Crippen LogP contribution is 2.26. The molecule has 0 unspecified atom stereocenters. The number of aliphatic hydroxyl groups excluding tert-OH is 1. The molecule has 1 aliphatic heterocycles. The van der Waals surface area contributed by atoms with Gasteiger partial charge < -0.3 is 14.9 Å². The molecule has 1 aromatic heterocycles. The number of anilines is 1. The Bertz CT molecular complexity index is 1300. The van der Waals surface area contributed by atoms with Gasteiger partial charge in [-0.2, -0.15) is 0 Å². The van der Waals surface area contributed by atoms with Gasteiger partial charge in [0.05, 0.1) is 34.7 Å². The molecule has 8 nitrogen and oxygen atoms in total. The van der Waals surface area contributed by atoms with E-state index in [0.717, 1.165) is 36.0 Å². The number of hydrogen-bond donors (Lipinski definition) is 1. The van der Waals surface area contributed by atoms with Crippen molar-refractivity contribution >= 4 is 32.6 Å². The van der Waals surface area contributed by atoms with Gasteiger partial charge in [0.25, 0.3) is 0 Å². The summed E-state index contributed by atoms with van der Waals surface area (Å²) in [6.45, 7) is 3.29. The maximum atomic E-state index is 13.2. The van der Waals surface area contributed by atoms with E-state index in [1.165, 1.54) is 6.26 Å². The molecular formula is C25H30N4O4S. The second-order valence-electron chi connectivity index (χ2n) is 8.99. The van der Waals surface area contributed by atoms with Crippen LogP contribution in [0.4, 0.5) is 5.95 Å². The minimum absolute atomic E-state index is 0.0171. The summed E-state index contributed by atoms with van der Waals surface area (Å²) in [5.74, 6) is 0.250. The van der Waals surface area contributed by atoms with Crippen LogP contribution in [0.15, 0.2) is 53.4 Å². The Balaban J connectivity index is 1.51. The third-order valence-corrected chi connectivity index (χ3v) is 7.45. The Hall–Kier alpha value is -3.04. The van der Waals surface area contributed by atoms with Crippen molar-refractivity contribution in [3.63, 3.8) is 0 Å². The van der Waals surface area contributed by atoms with E-state index >= 15 is 0 Å². The van der Waals surface area contributed by atoms with Gasteiger partial charge in [-0.3, -0.25) is 4.79 Å². The van der Waals surface area contributed by atoms with Crippen molar-refractivity contribution in [2.45, 2.75) is 30.8 Å². The van der Waals surface area contributed by atoms with E-state index < -0.39 is 15.9 Å². The number of nitrogens with zero attached hydrogens (tertiary/aromatic N) is 4. The first-order chi connectivity index (χ1) is 16.1. The van der Waals surface area contributed by atoms with E-state index in [1.807, 2.05) is 42.2 Å². The molecule has 1 fully saturated rings. The number of likely N-dealkylation sites (N-methyl/N-ethyl adjacent to an activating group) is 1. The van der Waals surface area contributed by atoms with Crippen molar-refractivity contribution in [3.05, 3.63) is 59.8 Å². The number of carbonyl (C=O) groups is 1. The maximum absolute atomic E-state index is 13.2. The topological polar surface area (TPSA) is 104 Å². The molecule has 2 aromatic carbocycles. The van der Waals surface area contributed by atoms with Crippen molar-refractivity contribution in [1.82, 2.24) is 14.9 Å². The monoisotopic (exact) mass is 482 g/mol. The summed E-state index contributed by atoms with van der Waals surface area (Å²) in [7, 11) is -1.63. The molecule has 0 aliphatic carbocycles. The highest BCUT2D eigenvalue weighted by Gasteiger charge is 2.30. The number of benzene rings is 2. The predicted octanol–water partition coefficient (Wildman–Crippen LogP) is 2.75. The molecule has 4 rings (SSSR count). The molecule has 0 saturated carbocycles. The Morgan fingerprint density at radius 3 is 2.65 bits per heavy atom.